The van der Waals surface area contributed by atoms with Crippen LogP contribution in [0, 0.1) is 0 Å². The first kappa shape index (κ1) is 19.5. The van der Waals surface area contributed by atoms with Crippen LogP contribution in [0.4, 0.5) is 11.4 Å². The Bertz CT molecular complexity index is 876. The summed E-state index contributed by atoms with van der Waals surface area (Å²) in [5.41, 5.74) is 3.53. The fourth-order valence-corrected chi connectivity index (χ4v) is 3.34. The lowest BCUT2D eigenvalue weighted by atomic mass is 9.87. The van der Waals surface area contributed by atoms with Gasteiger partial charge in [-0.3, -0.25) is 4.79 Å². The lowest BCUT2D eigenvalue weighted by molar-refractivity contribution is -0.135. The molecule has 0 saturated carbocycles. The van der Waals surface area contributed by atoms with Crippen molar-refractivity contribution in [3.63, 3.8) is 0 Å². The van der Waals surface area contributed by atoms with E-state index in [4.69, 9.17) is 0 Å². The van der Waals surface area contributed by atoms with Gasteiger partial charge in [0.2, 0.25) is 0 Å². The van der Waals surface area contributed by atoms with Crippen molar-refractivity contribution in [1.82, 2.24) is 5.32 Å². The molecule has 28 heavy (non-hydrogen) atoms. The molecule has 1 aliphatic rings. The summed E-state index contributed by atoms with van der Waals surface area (Å²) in [4.78, 5) is 28.2. The highest BCUT2D eigenvalue weighted by molar-refractivity contribution is 6.06. The summed E-state index contributed by atoms with van der Waals surface area (Å²) < 4.78 is 4.66. The molecule has 0 spiro atoms. The molecule has 3 rings (SSSR count). The summed E-state index contributed by atoms with van der Waals surface area (Å²) in [6.45, 7) is 1.75. The molecule has 6 heteroatoms. The first-order chi connectivity index (χ1) is 13.4. The zero-order valence-corrected chi connectivity index (χ0v) is 16.5. The van der Waals surface area contributed by atoms with Gasteiger partial charge in [0, 0.05) is 37.2 Å². The maximum atomic E-state index is 13.0. The van der Waals surface area contributed by atoms with Crippen LogP contribution < -0.4 is 15.1 Å². The number of anilines is 2. The van der Waals surface area contributed by atoms with Gasteiger partial charge in [0.1, 0.15) is 6.04 Å². The second-order valence-electron chi connectivity index (χ2n) is 6.95. The van der Waals surface area contributed by atoms with Gasteiger partial charge in [-0.2, -0.15) is 0 Å². The highest BCUT2D eigenvalue weighted by Crippen LogP contribution is 2.40. The van der Waals surface area contributed by atoms with Crippen molar-refractivity contribution in [2.45, 2.75) is 19.0 Å². The van der Waals surface area contributed by atoms with Gasteiger partial charge in [0.05, 0.1) is 13.2 Å². The summed E-state index contributed by atoms with van der Waals surface area (Å²) in [5, 5.41) is 3.17. The number of carbonyl (C=O) groups is 2. The summed E-state index contributed by atoms with van der Waals surface area (Å²) in [6.07, 6.45) is 1.35. The number of hydrogen-bond donors (Lipinski definition) is 1. The molecule has 1 amide bonds. The quantitative estimate of drug-likeness (QED) is 0.475. The minimum absolute atomic E-state index is 0.0379. The van der Waals surface area contributed by atoms with Gasteiger partial charge in [0.25, 0.3) is 5.91 Å². The van der Waals surface area contributed by atoms with E-state index >= 15 is 0 Å². The van der Waals surface area contributed by atoms with Gasteiger partial charge >= 0.3 is 5.97 Å². The monoisotopic (exact) mass is 379 g/mol. The number of esters is 1. The number of rotatable bonds is 6. The van der Waals surface area contributed by atoms with E-state index in [-0.39, 0.29) is 11.9 Å². The number of benzene rings is 2. The maximum absolute atomic E-state index is 13.0. The SMILES string of the molecule is COC(=O)/C=C(\C)NC1C(=O)N(c2ccc(N(C)C)cc2)C1c1ccccc1. The molecule has 0 radical (unpaired) electrons. The van der Waals surface area contributed by atoms with Crippen LogP contribution in [0.2, 0.25) is 0 Å². The zero-order chi connectivity index (χ0) is 20.3. The van der Waals surface area contributed by atoms with Crippen LogP contribution >= 0.6 is 0 Å². The third-order valence-electron chi connectivity index (χ3n) is 4.80. The molecule has 1 N–H and O–H groups in total. The Morgan fingerprint density at radius 3 is 2.32 bits per heavy atom. The average Bonchev–Trinajstić information content (AvgIpc) is 2.70. The maximum Gasteiger partial charge on any atom is 0.332 e. The van der Waals surface area contributed by atoms with Crippen LogP contribution in [0.15, 0.2) is 66.4 Å². The summed E-state index contributed by atoms with van der Waals surface area (Å²) in [6, 6.07) is 17.2. The lowest BCUT2D eigenvalue weighted by Gasteiger charge is -2.48. The molecule has 2 unspecified atom stereocenters. The molecule has 0 bridgehead atoms. The van der Waals surface area contributed by atoms with E-state index in [1.807, 2.05) is 73.6 Å². The molecule has 2 aromatic carbocycles. The van der Waals surface area contributed by atoms with Gasteiger partial charge in [-0.05, 0) is 36.8 Å². The van der Waals surface area contributed by atoms with E-state index in [2.05, 4.69) is 10.1 Å². The molecule has 146 valence electrons. The van der Waals surface area contributed by atoms with E-state index in [0.717, 1.165) is 16.9 Å². The van der Waals surface area contributed by atoms with E-state index in [1.54, 1.807) is 11.8 Å². The Hall–Kier alpha value is -3.28. The van der Waals surface area contributed by atoms with Crippen molar-refractivity contribution in [2.75, 3.05) is 31.0 Å². The number of ether oxygens (including phenoxy) is 1. The average molecular weight is 379 g/mol. The minimum atomic E-state index is -0.454. The molecule has 1 heterocycles. The minimum Gasteiger partial charge on any atom is -0.466 e. The van der Waals surface area contributed by atoms with Gasteiger partial charge in [-0.1, -0.05) is 30.3 Å². The molecule has 1 saturated heterocycles. The smallest absolute Gasteiger partial charge is 0.332 e. The number of amides is 1. The number of hydrogen-bond acceptors (Lipinski definition) is 5. The number of carbonyl (C=O) groups excluding carboxylic acids is 2. The predicted octanol–water partition coefficient (Wildman–Crippen LogP) is 2.88. The van der Waals surface area contributed by atoms with Crippen LogP contribution in [0.3, 0.4) is 0 Å². The zero-order valence-electron chi connectivity index (χ0n) is 16.5. The fraction of sp³-hybridized carbons (Fsp3) is 0.273. The molecular weight excluding hydrogens is 354 g/mol. The van der Waals surface area contributed by atoms with Crippen molar-refractivity contribution >= 4 is 23.3 Å². The Labute approximate surface area is 165 Å². The normalized spacial score (nSPS) is 19.1. The predicted molar refractivity (Wildman–Crippen MR) is 110 cm³/mol. The highest BCUT2D eigenvalue weighted by Gasteiger charge is 2.49. The van der Waals surface area contributed by atoms with Crippen LogP contribution in [0.1, 0.15) is 18.5 Å². The number of methoxy groups -OCH3 is 1. The molecule has 2 aromatic rings. The van der Waals surface area contributed by atoms with Crippen LogP contribution in [-0.4, -0.2) is 39.1 Å². The Morgan fingerprint density at radius 2 is 1.75 bits per heavy atom. The molecule has 6 nitrogen and oxygen atoms in total. The van der Waals surface area contributed by atoms with E-state index in [9.17, 15) is 9.59 Å². The molecule has 0 aromatic heterocycles. The van der Waals surface area contributed by atoms with Crippen LogP contribution in [-0.2, 0) is 14.3 Å². The number of nitrogens with one attached hydrogen (secondary N) is 1. The van der Waals surface area contributed by atoms with Gasteiger partial charge in [-0.15, -0.1) is 0 Å². The van der Waals surface area contributed by atoms with Crippen molar-refractivity contribution in [3.8, 4) is 0 Å². The van der Waals surface area contributed by atoms with E-state index in [0.29, 0.717) is 5.70 Å². The number of β-lactam (4-membered cyclic amide) rings is 1. The van der Waals surface area contributed by atoms with Crippen molar-refractivity contribution in [2.24, 2.45) is 0 Å². The van der Waals surface area contributed by atoms with Crippen molar-refractivity contribution < 1.29 is 14.3 Å². The van der Waals surface area contributed by atoms with Gasteiger partial charge in [-0.25, -0.2) is 4.79 Å². The third-order valence-corrected chi connectivity index (χ3v) is 4.80. The number of allylic oxidation sites excluding steroid dienone is 1. The molecule has 1 aliphatic heterocycles. The Kier molecular flexibility index (Phi) is 5.68. The van der Waals surface area contributed by atoms with E-state index in [1.165, 1.54) is 13.2 Å². The standard InChI is InChI=1S/C22H25N3O3/c1-15(14-19(26)28-4)23-20-21(16-8-6-5-7-9-16)25(22(20)27)18-12-10-17(11-13-18)24(2)3/h5-14,20-21,23H,1-4H3/b15-14+. The first-order valence-electron chi connectivity index (χ1n) is 9.10. The summed E-state index contributed by atoms with van der Waals surface area (Å²) >= 11 is 0. The molecule has 2 atom stereocenters. The second-order valence-corrected chi connectivity index (χ2v) is 6.95. The lowest BCUT2D eigenvalue weighted by Crippen LogP contribution is -2.64. The third kappa shape index (κ3) is 3.86. The van der Waals surface area contributed by atoms with Crippen LogP contribution in [0.25, 0.3) is 0 Å². The Balaban J connectivity index is 1.89. The van der Waals surface area contributed by atoms with Gasteiger partial charge in [0.15, 0.2) is 0 Å². The molecule has 0 aliphatic carbocycles. The largest absolute Gasteiger partial charge is 0.466 e. The van der Waals surface area contributed by atoms with Crippen molar-refractivity contribution in [1.29, 1.82) is 0 Å². The fourth-order valence-electron chi connectivity index (χ4n) is 3.34. The van der Waals surface area contributed by atoms with E-state index < -0.39 is 12.0 Å². The summed E-state index contributed by atoms with van der Waals surface area (Å²) in [5.74, 6) is -0.492. The first-order valence-corrected chi connectivity index (χ1v) is 9.10. The van der Waals surface area contributed by atoms with Crippen molar-refractivity contribution in [3.05, 3.63) is 71.9 Å². The summed E-state index contributed by atoms with van der Waals surface area (Å²) in [7, 11) is 5.28. The molecule has 1 fully saturated rings. The second kappa shape index (κ2) is 8.17. The topological polar surface area (TPSA) is 61.9 Å². The Morgan fingerprint density at radius 1 is 1.11 bits per heavy atom. The molecular formula is C22H25N3O3. The number of nitrogens with zero attached hydrogens (tertiary/aromatic N) is 2. The highest BCUT2D eigenvalue weighted by atomic mass is 16.5. The van der Waals surface area contributed by atoms with Crippen LogP contribution in [0.5, 0.6) is 0 Å². The van der Waals surface area contributed by atoms with Gasteiger partial charge < -0.3 is 19.9 Å².